The zero-order valence-corrected chi connectivity index (χ0v) is 16.7. The van der Waals surface area contributed by atoms with E-state index in [9.17, 15) is 12.8 Å². The first-order valence-electron chi connectivity index (χ1n) is 8.44. The van der Waals surface area contributed by atoms with Crippen LogP contribution in [0.5, 0.6) is 11.8 Å². The van der Waals surface area contributed by atoms with Crippen LogP contribution in [0.4, 0.5) is 4.39 Å². The van der Waals surface area contributed by atoms with Crippen LogP contribution in [0.3, 0.4) is 0 Å². The Morgan fingerprint density at radius 2 is 1.93 bits per heavy atom. The molecule has 3 aromatic rings. The summed E-state index contributed by atoms with van der Waals surface area (Å²) in [6.07, 6.45) is 0. The summed E-state index contributed by atoms with van der Waals surface area (Å²) in [5, 5.41) is 8.36. The molecule has 0 bridgehead atoms. The zero-order chi connectivity index (χ0) is 20.3. The van der Waals surface area contributed by atoms with Crippen LogP contribution in [-0.2, 0) is 16.6 Å². The number of sulfonamides is 1. The normalized spacial score (nSPS) is 12.7. The fourth-order valence-electron chi connectivity index (χ4n) is 2.59. The van der Waals surface area contributed by atoms with Gasteiger partial charge >= 0.3 is 6.01 Å². The van der Waals surface area contributed by atoms with Crippen LogP contribution in [-0.4, -0.2) is 23.2 Å². The van der Waals surface area contributed by atoms with Crippen molar-refractivity contribution < 1.29 is 17.5 Å². The lowest BCUT2D eigenvalue weighted by Gasteiger charge is -2.15. The van der Waals surface area contributed by atoms with Gasteiger partial charge in [-0.2, -0.15) is 0 Å². The van der Waals surface area contributed by atoms with E-state index in [1.807, 2.05) is 6.92 Å². The Hall–Kier alpha value is -2.49. The number of hydrogen-bond donors (Lipinski definition) is 1. The molecule has 1 aromatic heterocycles. The summed E-state index contributed by atoms with van der Waals surface area (Å²) in [5.74, 6) is 0.390. The molecule has 0 amide bonds. The molecule has 0 aliphatic rings. The predicted molar refractivity (Wildman–Crippen MR) is 102 cm³/mol. The average molecular weight is 425 g/mol. The highest BCUT2D eigenvalue weighted by Gasteiger charge is 2.24. The van der Waals surface area contributed by atoms with Crippen LogP contribution in [0, 0.1) is 5.82 Å². The van der Waals surface area contributed by atoms with Gasteiger partial charge in [0, 0.05) is 11.6 Å². The smallest absolute Gasteiger partial charge is 0.322 e. The molecule has 0 saturated carbocycles. The minimum Gasteiger partial charge on any atom is -0.424 e. The lowest BCUT2D eigenvalue weighted by atomic mass is 10.3. The Bertz CT molecular complexity index is 1070. The van der Waals surface area contributed by atoms with E-state index in [2.05, 4.69) is 14.9 Å². The van der Waals surface area contributed by atoms with Gasteiger partial charge in [-0.15, -0.1) is 5.10 Å². The van der Waals surface area contributed by atoms with Crippen molar-refractivity contribution in [2.75, 3.05) is 0 Å². The van der Waals surface area contributed by atoms with E-state index in [0.29, 0.717) is 23.1 Å². The molecule has 1 heterocycles. The molecule has 3 rings (SSSR count). The molecule has 0 aliphatic carbocycles. The molecule has 0 saturated heterocycles. The molecule has 0 unspecified atom stereocenters. The molecule has 2 aromatic carbocycles. The van der Waals surface area contributed by atoms with Gasteiger partial charge in [-0.1, -0.05) is 22.8 Å². The summed E-state index contributed by atoms with van der Waals surface area (Å²) in [4.78, 5) is 0.0530. The predicted octanol–water partition coefficient (Wildman–Crippen LogP) is 3.92. The number of aromatic nitrogens is 3. The van der Waals surface area contributed by atoms with Gasteiger partial charge in [0.1, 0.15) is 11.6 Å². The van der Waals surface area contributed by atoms with E-state index in [4.69, 9.17) is 16.3 Å². The number of halogens is 2. The monoisotopic (exact) mass is 424 g/mol. The molecule has 1 atom stereocenters. The van der Waals surface area contributed by atoms with Gasteiger partial charge in [0.25, 0.3) is 0 Å². The van der Waals surface area contributed by atoms with E-state index >= 15 is 0 Å². The van der Waals surface area contributed by atoms with E-state index in [1.54, 1.807) is 23.6 Å². The van der Waals surface area contributed by atoms with Gasteiger partial charge in [0.05, 0.1) is 10.9 Å². The number of hydrogen-bond acceptors (Lipinski definition) is 5. The van der Waals surface area contributed by atoms with Crippen molar-refractivity contribution in [3.8, 4) is 11.8 Å². The van der Waals surface area contributed by atoms with Crippen LogP contribution in [0.1, 0.15) is 25.7 Å². The van der Waals surface area contributed by atoms with Crippen molar-refractivity contribution in [1.29, 1.82) is 0 Å². The number of nitrogens with zero attached hydrogens (tertiary/aromatic N) is 3. The molecule has 7 nitrogen and oxygen atoms in total. The summed E-state index contributed by atoms with van der Waals surface area (Å²) in [7, 11) is -3.81. The fraction of sp³-hybridized carbons (Fsp3) is 0.222. The maximum atomic E-state index is 13.0. The summed E-state index contributed by atoms with van der Waals surface area (Å²) >= 11 is 5.88. The molecule has 0 radical (unpaired) electrons. The first-order valence-corrected chi connectivity index (χ1v) is 10.3. The number of nitrogens with one attached hydrogen (secondary N) is 1. The maximum absolute atomic E-state index is 13.0. The van der Waals surface area contributed by atoms with Gasteiger partial charge in [0.2, 0.25) is 10.0 Å². The SMILES string of the molecule is CCn1c(Oc2ccc(F)cc2)nnc1[C@@H](C)NS(=O)(=O)c1cccc(Cl)c1. The van der Waals surface area contributed by atoms with Gasteiger partial charge in [-0.3, -0.25) is 4.57 Å². The summed E-state index contributed by atoms with van der Waals surface area (Å²) in [6.45, 7) is 3.95. The molecule has 0 fully saturated rings. The van der Waals surface area contributed by atoms with Gasteiger partial charge in [0.15, 0.2) is 5.82 Å². The molecule has 0 spiro atoms. The van der Waals surface area contributed by atoms with Crippen molar-refractivity contribution in [2.24, 2.45) is 0 Å². The Morgan fingerprint density at radius 3 is 2.57 bits per heavy atom. The van der Waals surface area contributed by atoms with Crippen LogP contribution in [0.15, 0.2) is 53.4 Å². The molecule has 10 heteroatoms. The van der Waals surface area contributed by atoms with E-state index in [0.717, 1.165) is 0 Å². The number of benzene rings is 2. The number of ether oxygens (including phenoxy) is 1. The Labute approximate surface area is 167 Å². The second-order valence-electron chi connectivity index (χ2n) is 5.94. The fourth-order valence-corrected chi connectivity index (χ4v) is 4.09. The minimum atomic E-state index is -3.81. The summed E-state index contributed by atoms with van der Waals surface area (Å²) in [6, 6.07) is 10.9. The van der Waals surface area contributed by atoms with Crippen LogP contribution in [0.25, 0.3) is 0 Å². The highest BCUT2D eigenvalue weighted by Crippen LogP contribution is 2.24. The van der Waals surface area contributed by atoms with Gasteiger partial charge < -0.3 is 4.74 Å². The first-order chi connectivity index (χ1) is 13.3. The average Bonchev–Trinajstić information content (AvgIpc) is 3.06. The third-order valence-corrected chi connectivity index (χ3v) is 5.68. The second-order valence-corrected chi connectivity index (χ2v) is 8.09. The zero-order valence-electron chi connectivity index (χ0n) is 15.1. The Morgan fingerprint density at radius 1 is 1.21 bits per heavy atom. The van der Waals surface area contributed by atoms with Crippen molar-refractivity contribution in [3.05, 3.63) is 65.2 Å². The van der Waals surface area contributed by atoms with Crippen molar-refractivity contribution in [3.63, 3.8) is 0 Å². The highest BCUT2D eigenvalue weighted by atomic mass is 35.5. The van der Waals surface area contributed by atoms with E-state index in [1.165, 1.54) is 36.4 Å². The third kappa shape index (κ3) is 4.49. The molecule has 148 valence electrons. The second kappa shape index (κ2) is 8.26. The maximum Gasteiger partial charge on any atom is 0.322 e. The Kier molecular flexibility index (Phi) is 5.97. The van der Waals surface area contributed by atoms with Crippen LogP contribution in [0.2, 0.25) is 5.02 Å². The lowest BCUT2D eigenvalue weighted by Crippen LogP contribution is -2.29. The molecular weight excluding hydrogens is 407 g/mol. The van der Waals surface area contributed by atoms with Gasteiger partial charge in [-0.05, 0) is 56.3 Å². The minimum absolute atomic E-state index is 0.0530. The largest absolute Gasteiger partial charge is 0.424 e. The quantitative estimate of drug-likeness (QED) is 0.621. The van der Waals surface area contributed by atoms with Crippen molar-refractivity contribution >= 4 is 21.6 Å². The Balaban J connectivity index is 1.83. The van der Waals surface area contributed by atoms with E-state index in [-0.39, 0.29) is 16.7 Å². The van der Waals surface area contributed by atoms with E-state index < -0.39 is 16.1 Å². The summed E-state index contributed by atoms with van der Waals surface area (Å²) < 4.78 is 48.1. The standard InChI is InChI=1S/C18H18ClFN4O3S/c1-3-24-17(21-22-18(24)27-15-9-7-14(20)8-10-15)12(2)23-28(25,26)16-6-4-5-13(19)11-16/h4-12,23H,3H2,1-2H3/t12-/m1/s1. The summed E-state index contributed by atoms with van der Waals surface area (Å²) in [5.41, 5.74) is 0. The lowest BCUT2D eigenvalue weighted by molar-refractivity contribution is 0.407. The number of rotatable bonds is 7. The highest BCUT2D eigenvalue weighted by molar-refractivity contribution is 7.89. The molecule has 1 N–H and O–H groups in total. The van der Waals surface area contributed by atoms with Crippen LogP contribution >= 0.6 is 11.6 Å². The molecule has 28 heavy (non-hydrogen) atoms. The molecule has 0 aliphatic heterocycles. The van der Waals surface area contributed by atoms with Crippen LogP contribution < -0.4 is 9.46 Å². The molecular formula is C18H18ClFN4O3S. The first kappa shape index (κ1) is 20.2. The topological polar surface area (TPSA) is 86.1 Å². The van der Waals surface area contributed by atoms with Crippen molar-refractivity contribution in [1.82, 2.24) is 19.5 Å². The third-order valence-electron chi connectivity index (χ3n) is 3.91. The van der Waals surface area contributed by atoms with Gasteiger partial charge in [-0.25, -0.2) is 17.5 Å². The van der Waals surface area contributed by atoms with Crippen molar-refractivity contribution in [2.45, 2.75) is 31.3 Å².